The van der Waals surface area contributed by atoms with Crippen LogP contribution in [-0.2, 0) is 0 Å². The van der Waals surface area contributed by atoms with Gasteiger partial charge in [-0.2, -0.15) is 0 Å². The summed E-state index contributed by atoms with van der Waals surface area (Å²) < 4.78 is 27.4. The highest BCUT2D eigenvalue weighted by Gasteiger charge is 2.13. The fourth-order valence-electron chi connectivity index (χ4n) is 2.10. The van der Waals surface area contributed by atoms with Crippen molar-refractivity contribution in [2.75, 3.05) is 10.6 Å². The Morgan fingerprint density at radius 1 is 1.00 bits per heavy atom. The molecule has 3 aromatic rings. The summed E-state index contributed by atoms with van der Waals surface area (Å²) in [7, 11) is 0. The van der Waals surface area contributed by atoms with E-state index in [2.05, 4.69) is 20.6 Å². The summed E-state index contributed by atoms with van der Waals surface area (Å²) in [4.78, 5) is 20.1. The summed E-state index contributed by atoms with van der Waals surface area (Å²) in [6.07, 6.45) is 1.29. The largest absolute Gasteiger partial charge is 0.321 e. The van der Waals surface area contributed by atoms with Crippen molar-refractivity contribution in [2.45, 2.75) is 0 Å². The van der Waals surface area contributed by atoms with Gasteiger partial charge in [-0.3, -0.25) is 4.79 Å². The lowest BCUT2D eigenvalue weighted by atomic mass is 10.3. The van der Waals surface area contributed by atoms with E-state index in [1.54, 1.807) is 0 Å². The second-order valence-electron chi connectivity index (χ2n) is 5.10. The molecule has 1 aromatic heterocycles. The van der Waals surface area contributed by atoms with Gasteiger partial charge in [-0.05, 0) is 36.4 Å². The summed E-state index contributed by atoms with van der Waals surface area (Å²) in [5.41, 5.74) is -0.0530. The Hall–Kier alpha value is -2.77. The number of anilines is 3. The van der Waals surface area contributed by atoms with Crippen molar-refractivity contribution in [1.29, 1.82) is 0 Å². The molecule has 2 aromatic carbocycles. The third kappa shape index (κ3) is 4.25. The number of hydrogen-bond acceptors (Lipinski definition) is 4. The van der Waals surface area contributed by atoms with E-state index in [-0.39, 0.29) is 11.6 Å². The van der Waals surface area contributed by atoms with Crippen molar-refractivity contribution >= 4 is 46.4 Å². The van der Waals surface area contributed by atoms with Gasteiger partial charge >= 0.3 is 0 Å². The zero-order valence-corrected chi connectivity index (χ0v) is 14.4. The van der Waals surface area contributed by atoms with Crippen molar-refractivity contribution in [3.63, 3.8) is 0 Å². The topological polar surface area (TPSA) is 66.9 Å². The van der Waals surface area contributed by atoms with Crippen LogP contribution in [0.3, 0.4) is 0 Å². The Kier molecular flexibility index (Phi) is 5.29. The molecule has 0 saturated carbocycles. The molecule has 2 N–H and O–H groups in total. The van der Waals surface area contributed by atoms with Gasteiger partial charge in [0.2, 0.25) is 5.95 Å². The van der Waals surface area contributed by atoms with Gasteiger partial charge in [-0.25, -0.2) is 18.7 Å². The maximum Gasteiger partial charge on any atom is 0.274 e. The highest BCUT2D eigenvalue weighted by molar-refractivity contribution is 6.35. The highest BCUT2D eigenvalue weighted by Crippen LogP contribution is 2.23. The van der Waals surface area contributed by atoms with Crippen LogP contribution in [0.2, 0.25) is 10.0 Å². The molecule has 0 atom stereocenters. The first-order valence-corrected chi connectivity index (χ1v) is 7.99. The zero-order valence-electron chi connectivity index (χ0n) is 12.9. The van der Waals surface area contributed by atoms with Gasteiger partial charge < -0.3 is 10.6 Å². The SMILES string of the molecule is O=C(Nc1cc(Cl)cc(Cl)c1)c1ccnc(Nc2c(F)cccc2F)n1. The summed E-state index contributed by atoms with van der Waals surface area (Å²) in [6, 6.07) is 9.31. The Labute approximate surface area is 157 Å². The van der Waals surface area contributed by atoms with Gasteiger partial charge in [-0.1, -0.05) is 29.3 Å². The average molecular weight is 395 g/mol. The Bertz CT molecular complexity index is 944. The van der Waals surface area contributed by atoms with Crippen LogP contribution in [0.1, 0.15) is 10.5 Å². The van der Waals surface area contributed by atoms with Crippen LogP contribution in [0.25, 0.3) is 0 Å². The van der Waals surface area contributed by atoms with Crippen LogP contribution in [0.4, 0.5) is 26.1 Å². The van der Waals surface area contributed by atoms with Crippen molar-refractivity contribution in [3.8, 4) is 0 Å². The molecule has 0 aliphatic heterocycles. The van der Waals surface area contributed by atoms with Crippen molar-refractivity contribution < 1.29 is 13.6 Å². The standard InChI is InChI=1S/C17H10Cl2F2N4O/c18-9-6-10(19)8-11(7-9)23-16(26)14-4-5-22-17(24-14)25-15-12(20)2-1-3-13(15)21/h1-8H,(H,23,26)(H,22,24,25). The second kappa shape index (κ2) is 7.63. The number of aromatic nitrogens is 2. The monoisotopic (exact) mass is 394 g/mol. The van der Waals surface area contributed by atoms with Crippen LogP contribution >= 0.6 is 23.2 Å². The number of hydrogen-bond donors (Lipinski definition) is 2. The maximum atomic E-state index is 13.7. The lowest BCUT2D eigenvalue weighted by Crippen LogP contribution is -2.15. The van der Waals surface area contributed by atoms with E-state index in [1.807, 2.05) is 0 Å². The molecule has 1 amide bonds. The second-order valence-corrected chi connectivity index (χ2v) is 5.97. The molecule has 5 nitrogen and oxygen atoms in total. The van der Waals surface area contributed by atoms with E-state index in [1.165, 1.54) is 36.5 Å². The first-order valence-electron chi connectivity index (χ1n) is 7.24. The molecule has 0 spiro atoms. The van der Waals surface area contributed by atoms with Crippen LogP contribution in [0.5, 0.6) is 0 Å². The molecule has 0 unspecified atom stereocenters. The van der Waals surface area contributed by atoms with E-state index >= 15 is 0 Å². The summed E-state index contributed by atoms with van der Waals surface area (Å²) in [5.74, 6) is -2.32. The number of nitrogens with zero attached hydrogens (tertiary/aromatic N) is 2. The van der Waals surface area contributed by atoms with E-state index in [0.717, 1.165) is 12.1 Å². The molecular formula is C17H10Cl2F2N4O. The lowest BCUT2D eigenvalue weighted by molar-refractivity contribution is 0.102. The molecule has 0 aliphatic carbocycles. The van der Waals surface area contributed by atoms with Gasteiger partial charge in [0.1, 0.15) is 23.0 Å². The molecule has 0 aliphatic rings. The van der Waals surface area contributed by atoms with Gasteiger partial charge in [0, 0.05) is 21.9 Å². The van der Waals surface area contributed by atoms with Gasteiger partial charge in [-0.15, -0.1) is 0 Å². The Balaban J connectivity index is 1.81. The molecular weight excluding hydrogens is 385 g/mol. The number of halogens is 4. The third-order valence-corrected chi connectivity index (χ3v) is 3.64. The maximum absolute atomic E-state index is 13.7. The van der Waals surface area contributed by atoms with Gasteiger partial charge in [0.25, 0.3) is 5.91 Å². The van der Waals surface area contributed by atoms with Gasteiger partial charge in [0.15, 0.2) is 0 Å². The van der Waals surface area contributed by atoms with Crippen LogP contribution in [0.15, 0.2) is 48.7 Å². The van der Waals surface area contributed by atoms with Crippen LogP contribution in [0, 0.1) is 11.6 Å². The smallest absolute Gasteiger partial charge is 0.274 e. The minimum atomic E-state index is -0.808. The zero-order chi connectivity index (χ0) is 18.7. The molecule has 0 fully saturated rings. The Morgan fingerprint density at radius 2 is 1.65 bits per heavy atom. The molecule has 9 heteroatoms. The van der Waals surface area contributed by atoms with Crippen LogP contribution < -0.4 is 10.6 Å². The minimum Gasteiger partial charge on any atom is -0.321 e. The predicted octanol–water partition coefficient (Wildman–Crippen LogP) is 5.06. The molecule has 132 valence electrons. The van der Waals surface area contributed by atoms with Crippen molar-refractivity contribution in [3.05, 3.63) is 76.0 Å². The number of para-hydroxylation sites is 1. The normalized spacial score (nSPS) is 10.5. The fraction of sp³-hybridized carbons (Fsp3) is 0. The molecule has 1 heterocycles. The lowest BCUT2D eigenvalue weighted by Gasteiger charge is -2.09. The molecule has 26 heavy (non-hydrogen) atoms. The number of nitrogens with one attached hydrogen (secondary N) is 2. The summed E-state index contributed by atoms with van der Waals surface area (Å²) >= 11 is 11.8. The Morgan fingerprint density at radius 3 is 2.31 bits per heavy atom. The van der Waals surface area contributed by atoms with Crippen molar-refractivity contribution in [2.24, 2.45) is 0 Å². The van der Waals surface area contributed by atoms with E-state index in [9.17, 15) is 13.6 Å². The number of benzene rings is 2. The molecule has 3 rings (SSSR count). The number of amides is 1. The molecule has 0 radical (unpaired) electrons. The number of rotatable bonds is 4. The van der Waals surface area contributed by atoms with E-state index in [0.29, 0.717) is 15.7 Å². The first-order chi connectivity index (χ1) is 12.4. The van der Waals surface area contributed by atoms with Gasteiger partial charge in [0.05, 0.1) is 0 Å². The molecule has 0 bridgehead atoms. The van der Waals surface area contributed by atoms with E-state index in [4.69, 9.17) is 23.2 Å². The third-order valence-electron chi connectivity index (χ3n) is 3.21. The van der Waals surface area contributed by atoms with Crippen LogP contribution in [-0.4, -0.2) is 15.9 Å². The summed E-state index contributed by atoms with van der Waals surface area (Å²) in [6.45, 7) is 0. The summed E-state index contributed by atoms with van der Waals surface area (Å²) in [5, 5.41) is 5.71. The highest BCUT2D eigenvalue weighted by atomic mass is 35.5. The van der Waals surface area contributed by atoms with Crippen molar-refractivity contribution in [1.82, 2.24) is 9.97 Å². The molecule has 0 saturated heterocycles. The average Bonchev–Trinajstić information content (AvgIpc) is 2.57. The fourth-order valence-corrected chi connectivity index (χ4v) is 2.62. The quantitative estimate of drug-likeness (QED) is 0.648. The predicted molar refractivity (Wildman–Crippen MR) is 96.1 cm³/mol. The minimum absolute atomic E-state index is 0.0182. The number of carbonyl (C=O) groups excluding carboxylic acids is 1. The first kappa shape index (κ1) is 18.0. The number of carbonyl (C=O) groups is 1. The van der Waals surface area contributed by atoms with E-state index < -0.39 is 23.2 Å².